The third-order valence-electron chi connectivity index (χ3n) is 4.62. The minimum absolute atomic E-state index is 0.118. The molecule has 0 unspecified atom stereocenters. The summed E-state index contributed by atoms with van der Waals surface area (Å²) >= 11 is 2.17. The van der Waals surface area contributed by atoms with Crippen LogP contribution < -0.4 is 10.2 Å². The van der Waals surface area contributed by atoms with Gasteiger partial charge in [-0.15, -0.1) is 10.2 Å². The van der Waals surface area contributed by atoms with E-state index in [0.717, 1.165) is 39.4 Å². The van der Waals surface area contributed by atoms with Crippen molar-refractivity contribution >= 4 is 40.0 Å². The minimum Gasteiger partial charge on any atom is -0.355 e. The molecule has 0 spiro atoms. The van der Waals surface area contributed by atoms with Crippen LogP contribution in [0.5, 0.6) is 0 Å². The fourth-order valence-corrected chi connectivity index (χ4v) is 3.83. The van der Waals surface area contributed by atoms with Gasteiger partial charge in [0, 0.05) is 27.9 Å². The van der Waals surface area contributed by atoms with Crippen molar-refractivity contribution < 1.29 is 4.79 Å². The maximum atomic E-state index is 12.5. The molecule has 27 heavy (non-hydrogen) atoms. The zero-order valence-corrected chi connectivity index (χ0v) is 16.9. The molecular formula is C21H19IN4O. The first-order valence-electron chi connectivity index (χ1n) is 8.96. The average molecular weight is 470 g/mol. The van der Waals surface area contributed by atoms with Crippen molar-refractivity contribution in [2.75, 3.05) is 23.3 Å². The topological polar surface area (TPSA) is 58.1 Å². The molecule has 6 heteroatoms. The molecule has 136 valence electrons. The fourth-order valence-electron chi connectivity index (χ4n) is 3.19. The Morgan fingerprint density at radius 3 is 2.52 bits per heavy atom. The minimum atomic E-state index is -0.118. The first kappa shape index (κ1) is 17.9. The van der Waals surface area contributed by atoms with Crippen molar-refractivity contribution in [2.45, 2.75) is 12.8 Å². The van der Waals surface area contributed by atoms with E-state index in [9.17, 15) is 4.79 Å². The summed E-state index contributed by atoms with van der Waals surface area (Å²) in [6.07, 6.45) is 2.43. The van der Waals surface area contributed by atoms with Gasteiger partial charge in [0.1, 0.15) is 0 Å². The summed E-state index contributed by atoms with van der Waals surface area (Å²) in [7, 11) is 0. The molecule has 0 radical (unpaired) electrons. The molecule has 0 saturated carbocycles. The monoisotopic (exact) mass is 470 g/mol. The Morgan fingerprint density at radius 2 is 1.78 bits per heavy atom. The quantitative estimate of drug-likeness (QED) is 0.567. The number of rotatable bonds is 4. The molecule has 0 bridgehead atoms. The highest BCUT2D eigenvalue weighted by atomic mass is 127. The Kier molecular flexibility index (Phi) is 5.33. The summed E-state index contributed by atoms with van der Waals surface area (Å²) in [5.74, 6) is 0.812. The van der Waals surface area contributed by atoms with Crippen LogP contribution in [0.1, 0.15) is 23.2 Å². The fraction of sp³-hybridized carbons (Fsp3) is 0.190. The Bertz CT molecular complexity index is 952. The van der Waals surface area contributed by atoms with Crippen LogP contribution in [0.3, 0.4) is 0 Å². The predicted octanol–water partition coefficient (Wildman–Crippen LogP) is 4.60. The zero-order valence-electron chi connectivity index (χ0n) is 14.7. The van der Waals surface area contributed by atoms with E-state index in [-0.39, 0.29) is 5.91 Å². The van der Waals surface area contributed by atoms with E-state index >= 15 is 0 Å². The number of carbonyl (C=O) groups is 1. The van der Waals surface area contributed by atoms with Gasteiger partial charge in [0.15, 0.2) is 5.82 Å². The van der Waals surface area contributed by atoms with E-state index < -0.39 is 0 Å². The zero-order chi connectivity index (χ0) is 18.6. The van der Waals surface area contributed by atoms with Crippen LogP contribution in [0.15, 0.2) is 60.7 Å². The van der Waals surface area contributed by atoms with E-state index in [4.69, 9.17) is 0 Å². The van der Waals surface area contributed by atoms with Crippen molar-refractivity contribution in [3.63, 3.8) is 0 Å². The number of amides is 1. The number of nitrogens with zero attached hydrogens (tertiary/aromatic N) is 3. The van der Waals surface area contributed by atoms with Gasteiger partial charge < -0.3 is 10.2 Å². The van der Waals surface area contributed by atoms with Crippen LogP contribution in [0.4, 0.5) is 11.5 Å². The number of carbonyl (C=O) groups excluding carboxylic acids is 1. The lowest BCUT2D eigenvalue weighted by atomic mass is 10.1. The highest BCUT2D eigenvalue weighted by Crippen LogP contribution is 2.24. The molecule has 5 nitrogen and oxygen atoms in total. The first-order chi connectivity index (χ1) is 13.2. The van der Waals surface area contributed by atoms with Crippen LogP contribution in [-0.2, 0) is 0 Å². The molecule has 1 aromatic heterocycles. The molecule has 1 N–H and O–H groups in total. The van der Waals surface area contributed by atoms with Gasteiger partial charge in [-0.2, -0.15) is 0 Å². The van der Waals surface area contributed by atoms with E-state index in [0.29, 0.717) is 5.56 Å². The summed E-state index contributed by atoms with van der Waals surface area (Å²) in [6, 6.07) is 19.2. The molecule has 1 fully saturated rings. The molecule has 0 atom stereocenters. The average Bonchev–Trinajstić information content (AvgIpc) is 3.23. The smallest absolute Gasteiger partial charge is 0.256 e. The SMILES string of the molecule is O=C(Nc1cccc(-c2ccc(N3CCCC3)nn2)c1)c1ccccc1I. The van der Waals surface area contributed by atoms with Crippen LogP contribution in [-0.4, -0.2) is 29.2 Å². The molecule has 1 aliphatic heterocycles. The number of benzene rings is 2. The van der Waals surface area contributed by atoms with Gasteiger partial charge >= 0.3 is 0 Å². The Balaban J connectivity index is 1.52. The lowest BCUT2D eigenvalue weighted by molar-refractivity contribution is 0.102. The molecule has 1 amide bonds. The van der Waals surface area contributed by atoms with Crippen LogP contribution >= 0.6 is 22.6 Å². The van der Waals surface area contributed by atoms with Gasteiger partial charge in [-0.1, -0.05) is 24.3 Å². The van der Waals surface area contributed by atoms with E-state index in [2.05, 4.69) is 43.0 Å². The van der Waals surface area contributed by atoms with Gasteiger partial charge in [0.05, 0.1) is 11.3 Å². The maximum Gasteiger partial charge on any atom is 0.256 e. The van der Waals surface area contributed by atoms with E-state index in [1.165, 1.54) is 12.8 Å². The molecule has 2 aromatic carbocycles. The van der Waals surface area contributed by atoms with Gasteiger partial charge in [-0.25, -0.2) is 0 Å². The number of hydrogen-bond acceptors (Lipinski definition) is 4. The summed E-state index contributed by atoms with van der Waals surface area (Å²) in [4.78, 5) is 14.8. The van der Waals surface area contributed by atoms with E-state index in [1.807, 2.05) is 60.7 Å². The third kappa shape index (κ3) is 4.10. The summed E-state index contributed by atoms with van der Waals surface area (Å²) < 4.78 is 0.923. The third-order valence-corrected chi connectivity index (χ3v) is 5.56. The van der Waals surface area contributed by atoms with Crippen LogP contribution in [0.2, 0.25) is 0 Å². The molecular weight excluding hydrogens is 451 g/mol. The van der Waals surface area contributed by atoms with Gasteiger partial charge in [-0.3, -0.25) is 4.79 Å². The Hall–Kier alpha value is -2.48. The largest absolute Gasteiger partial charge is 0.355 e. The highest BCUT2D eigenvalue weighted by molar-refractivity contribution is 14.1. The van der Waals surface area contributed by atoms with Crippen LogP contribution in [0.25, 0.3) is 11.3 Å². The van der Waals surface area contributed by atoms with E-state index in [1.54, 1.807) is 0 Å². The second kappa shape index (κ2) is 8.04. The standard InChI is InChI=1S/C21H19IN4O/c22-18-9-2-1-8-17(18)21(27)23-16-7-5-6-15(14-16)19-10-11-20(25-24-19)26-12-3-4-13-26/h1-2,5-11,14H,3-4,12-13H2,(H,23,27). The Morgan fingerprint density at radius 1 is 0.963 bits per heavy atom. The molecule has 1 saturated heterocycles. The van der Waals surface area contributed by atoms with Crippen molar-refractivity contribution in [2.24, 2.45) is 0 Å². The van der Waals surface area contributed by atoms with Gasteiger partial charge in [0.25, 0.3) is 5.91 Å². The second-order valence-electron chi connectivity index (χ2n) is 6.49. The summed E-state index contributed by atoms with van der Waals surface area (Å²) in [5.41, 5.74) is 3.13. The number of nitrogens with one attached hydrogen (secondary N) is 1. The summed E-state index contributed by atoms with van der Waals surface area (Å²) in [6.45, 7) is 2.10. The first-order valence-corrected chi connectivity index (χ1v) is 10.0. The van der Waals surface area contributed by atoms with Crippen molar-refractivity contribution in [3.8, 4) is 11.3 Å². The number of halogens is 1. The lowest BCUT2D eigenvalue weighted by Gasteiger charge is -2.15. The van der Waals surface area contributed by atoms with Crippen molar-refractivity contribution in [3.05, 3.63) is 69.8 Å². The summed E-state index contributed by atoms with van der Waals surface area (Å²) in [5, 5.41) is 11.7. The molecule has 2 heterocycles. The maximum absolute atomic E-state index is 12.5. The van der Waals surface area contributed by atoms with Crippen molar-refractivity contribution in [1.82, 2.24) is 10.2 Å². The molecule has 3 aromatic rings. The number of anilines is 2. The number of hydrogen-bond donors (Lipinski definition) is 1. The highest BCUT2D eigenvalue weighted by Gasteiger charge is 2.14. The Labute approximate surface area is 172 Å². The molecule has 1 aliphatic rings. The van der Waals surface area contributed by atoms with Gasteiger partial charge in [-0.05, 0) is 71.8 Å². The lowest BCUT2D eigenvalue weighted by Crippen LogP contribution is -2.19. The predicted molar refractivity (Wildman–Crippen MR) is 116 cm³/mol. The van der Waals surface area contributed by atoms with Crippen LogP contribution in [0, 0.1) is 3.57 Å². The second-order valence-corrected chi connectivity index (χ2v) is 7.65. The number of aromatic nitrogens is 2. The normalized spacial score (nSPS) is 13.6. The molecule has 0 aliphatic carbocycles. The van der Waals surface area contributed by atoms with Crippen molar-refractivity contribution in [1.29, 1.82) is 0 Å². The molecule has 4 rings (SSSR count). The van der Waals surface area contributed by atoms with Gasteiger partial charge in [0.2, 0.25) is 0 Å².